The predicted molar refractivity (Wildman–Crippen MR) is 64.5 cm³/mol. The molecule has 0 bridgehead atoms. The van der Waals surface area contributed by atoms with E-state index in [0.717, 1.165) is 16.4 Å². The second-order valence-electron chi connectivity index (χ2n) is 3.10. The fourth-order valence-corrected chi connectivity index (χ4v) is 2.79. The molecule has 2 rings (SSSR count). The molecule has 2 aromatic rings. The minimum atomic E-state index is 0.497. The molecular weight excluding hydrogens is 236 g/mol. The lowest BCUT2D eigenvalue weighted by Crippen LogP contribution is -1.97. The van der Waals surface area contributed by atoms with Gasteiger partial charge in [0.25, 0.3) is 0 Å². The third kappa shape index (κ3) is 2.24. The average Bonchev–Trinajstić information content (AvgIpc) is 2.73. The van der Waals surface area contributed by atoms with Crippen molar-refractivity contribution in [2.24, 2.45) is 0 Å². The number of alkyl halides is 1. The van der Waals surface area contributed by atoms with Crippen LogP contribution in [0.1, 0.15) is 12.6 Å². The largest absolute Gasteiger partial charge is 0.297 e. The van der Waals surface area contributed by atoms with Gasteiger partial charge in [-0.3, -0.25) is 4.40 Å². The molecule has 0 N–H and O–H groups in total. The molecule has 0 radical (unpaired) electrons. The first-order valence-corrected chi connectivity index (χ1v) is 6.84. The molecule has 0 aliphatic carbocycles. The summed E-state index contributed by atoms with van der Waals surface area (Å²) in [5, 5.41) is 2.54. The Kier molecular flexibility index (Phi) is 3.36. The van der Waals surface area contributed by atoms with Crippen molar-refractivity contribution in [3.05, 3.63) is 23.5 Å². The maximum Gasteiger partial charge on any atom is 0.193 e. The Morgan fingerprint density at radius 2 is 2.57 bits per heavy atom. The van der Waals surface area contributed by atoms with Crippen molar-refractivity contribution in [2.45, 2.75) is 17.9 Å². The van der Waals surface area contributed by atoms with Crippen LogP contribution in [0.4, 0.5) is 0 Å². The van der Waals surface area contributed by atoms with E-state index in [1.54, 1.807) is 11.3 Å². The van der Waals surface area contributed by atoms with Crippen LogP contribution >= 0.6 is 34.7 Å². The first-order valence-electron chi connectivity index (χ1n) is 4.38. The van der Waals surface area contributed by atoms with Crippen molar-refractivity contribution in [3.63, 3.8) is 0 Å². The molecule has 0 saturated heterocycles. The minimum Gasteiger partial charge on any atom is -0.297 e. The van der Waals surface area contributed by atoms with Crippen molar-refractivity contribution in [1.82, 2.24) is 9.38 Å². The normalized spacial score (nSPS) is 13.6. The summed E-state index contributed by atoms with van der Waals surface area (Å²) in [7, 11) is 0. The molecule has 2 heterocycles. The first kappa shape index (κ1) is 10.3. The van der Waals surface area contributed by atoms with Gasteiger partial charge in [0.05, 0.1) is 5.69 Å². The van der Waals surface area contributed by atoms with Crippen LogP contribution in [0.25, 0.3) is 4.96 Å². The van der Waals surface area contributed by atoms with Gasteiger partial charge in [0.15, 0.2) is 4.96 Å². The van der Waals surface area contributed by atoms with Crippen molar-refractivity contribution in [3.8, 4) is 0 Å². The molecule has 2 nitrogen and oxygen atoms in total. The van der Waals surface area contributed by atoms with Crippen LogP contribution in [0, 0.1) is 0 Å². The molecule has 5 heteroatoms. The Bertz CT molecular complexity index is 381. The van der Waals surface area contributed by atoms with Gasteiger partial charge in [0, 0.05) is 34.7 Å². The molecule has 0 aliphatic rings. The van der Waals surface area contributed by atoms with E-state index in [-0.39, 0.29) is 0 Å². The number of rotatable bonds is 4. The van der Waals surface area contributed by atoms with Crippen LogP contribution in [0.5, 0.6) is 0 Å². The van der Waals surface area contributed by atoms with Crippen LogP contribution in [0.2, 0.25) is 0 Å². The summed E-state index contributed by atoms with van der Waals surface area (Å²) in [6, 6.07) is 0. The molecule has 0 spiro atoms. The Labute approximate surface area is 96.3 Å². The maximum atomic E-state index is 5.73. The molecule has 0 aromatic carbocycles. The van der Waals surface area contributed by atoms with Crippen LogP contribution in [-0.4, -0.2) is 20.5 Å². The smallest absolute Gasteiger partial charge is 0.193 e. The van der Waals surface area contributed by atoms with E-state index in [2.05, 4.69) is 22.5 Å². The Hall–Kier alpha value is -0.190. The second kappa shape index (κ2) is 4.55. The highest BCUT2D eigenvalue weighted by Crippen LogP contribution is 2.19. The standard InChI is InChI=1S/C9H11ClN2S2/c1-7(4-10)14-6-8-5-12-2-3-13-9(12)11-8/h2-3,5,7H,4,6H2,1H3. The van der Waals surface area contributed by atoms with Gasteiger partial charge < -0.3 is 0 Å². The number of hydrogen-bond acceptors (Lipinski definition) is 3. The number of thioether (sulfide) groups is 1. The van der Waals surface area contributed by atoms with Gasteiger partial charge in [0.1, 0.15) is 0 Å². The summed E-state index contributed by atoms with van der Waals surface area (Å²) in [6.07, 6.45) is 4.12. The summed E-state index contributed by atoms with van der Waals surface area (Å²) in [5.41, 5.74) is 1.14. The highest BCUT2D eigenvalue weighted by Gasteiger charge is 2.05. The third-order valence-electron chi connectivity index (χ3n) is 1.88. The molecule has 0 fully saturated rings. The van der Waals surface area contributed by atoms with Gasteiger partial charge in [-0.2, -0.15) is 11.8 Å². The van der Waals surface area contributed by atoms with Crippen molar-refractivity contribution in [1.29, 1.82) is 0 Å². The number of fused-ring (bicyclic) bond motifs is 1. The van der Waals surface area contributed by atoms with Gasteiger partial charge in [-0.05, 0) is 0 Å². The van der Waals surface area contributed by atoms with Gasteiger partial charge in [-0.25, -0.2) is 4.98 Å². The molecule has 76 valence electrons. The van der Waals surface area contributed by atoms with E-state index >= 15 is 0 Å². The van der Waals surface area contributed by atoms with Crippen molar-refractivity contribution >= 4 is 39.7 Å². The summed E-state index contributed by atoms with van der Waals surface area (Å²) < 4.78 is 2.06. The number of halogens is 1. The van der Waals surface area contributed by atoms with E-state index in [1.807, 2.05) is 23.3 Å². The second-order valence-corrected chi connectivity index (χ2v) is 5.71. The van der Waals surface area contributed by atoms with E-state index in [0.29, 0.717) is 11.1 Å². The Balaban J connectivity index is 2.01. The first-order chi connectivity index (χ1) is 6.79. The van der Waals surface area contributed by atoms with E-state index in [9.17, 15) is 0 Å². The SMILES string of the molecule is CC(CCl)SCc1cn2ccsc2n1. The third-order valence-corrected chi connectivity index (χ3v) is 4.49. The van der Waals surface area contributed by atoms with Gasteiger partial charge in [-0.1, -0.05) is 6.92 Å². The van der Waals surface area contributed by atoms with Gasteiger partial charge >= 0.3 is 0 Å². The molecule has 0 amide bonds. The highest BCUT2D eigenvalue weighted by atomic mass is 35.5. The Morgan fingerprint density at radius 1 is 1.71 bits per heavy atom. The number of hydrogen-bond donors (Lipinski definition) is 0. The molecule has 0 aliphatic heterocycles. The number of nitrogens with zero attached hydrogens (tertiary/aromatic N) is 2. The highest BCUT2D eigenvalue weighted by molar-refractivity contribution is 7.99. The molecule has 1 unspecified atom stereocenters. The van der Waals surface area contributed by atoms with Gasteiger partial charge in [-0.15, -0.1) is 22.9 Å². The summed E-state index contributed by atoms with van der Waals surface area (Å²) >= 11 is 9.24. The van der Waals surface area contributed by atoms with Crippen molar-refractivity contribution < 1.29 is 0 Å². The fraction of sp³-hybridized carbons (Fsp3) is 0.444. The van der Waals surface area contributed by atoms with E-state index in [4.69, 9.17) is 11.6 Å². The summed E-state index contributed by atoms with van der Waals surface area (Å²) in [5.74, 6) is 1.65. The zero-order valence-corrected chi connectivity index (χ0v) is 10.2. The van der Waals surface area contributed by atoms with E-state index < -0.39 is 0 Å². The van der Waals surface area contributed by atoms with Crippen LogP contribution in [0.15, 0.2) is 17.8 Å². The van der Waals surface area contributed by atoms with E-state index in [1.165, 1.54) is 0 Å². The van der Waals surface area contributed by atoms with Gasteiger partial charge in [0.2, 0.25) is 0 Å². The zero-order chi connectivity index (χ0) is 9.97. The summed E-state index contributed by atoms with van der Waals surface area (Å²) in [6.45, 7) is 2.14. The van der Waals surface area contributed by atoms with Crippen molar-refractivity contribution in [2.75, 3.05) is 5.88 Å². The quantitative estimate of drug-likeness (QED) is 0.771. The molecule has 2 aromatic heterocycles. The lowest BCUT2D eigenvalue weighted by Gasteiger charge is -2.03. The number of aromatic nitrogens is 2. The minimum absolute atomic E-state index is 0.497. The lowest BCUT2D eigenvalue weighted by atomic mass is 10.5. The summed E-state index contributed by atoms with van der Waals surface area (Å²) in [4.78, 5) is 5.57. The van der Waals surface area contributed by atoms with Crippen LogP contribution < -0.4 is 0 Å². The average molecular weight is 247 g/mol. The topological polar surface area (TPSA) is 17.3 Å². The number of imidazole rings is 1. The van der Waals surface area contributed by atoms with Crippen LogP contribution in [-0.2, 0) is 5.75 Å². The predicted octanol–water partition coefficient (Wildman–Crippen LogP) is 3.26. The zero-order valence-electron chi connectivity index (χ0n) is 7.81. The fourth-order valence-electron chi connectivity index (χ4n) is 1.12. The molecule has 1 atom stereocenters. The molecule has 14 heavy (non-hydrogen) atoms. The van der Waals surface area contributed by atoms with Crippen LogP contribution in [0.3, 0.4) is 0 Å². The maximum absolute atomic E-state index is 5.73. The monoisotopic (exact) mass is 246 g/mol. The molecular formula is C9H11ClN2S2. The Morgan fingerprint density at radius 3 is 3.29 bits per heavy atom. The lowest BCUT2D eigenvalue weighted by molar-refractivity contribution is 1.11. The molecule has 0 saturated carbocycles. The number of thiazole rings is 1.